The molecule has 1 aromatic heterocycles. The van der Waals surface area contributed by atoms with Crippen LogP contribution in [-0.4, -0.2) is 81.1 Å². The number of carbonyl (C=O) groups excluding carboxylic acids is 3. The molecule has 4 atom stereocenters. The Morgan fingerprint density at radius 3 is 2.57 bits per heavy atom. The number of likely N-dealkylation sites (tertiary alicyclic amines) is 1. The van der Waals surface area contributed by atoms with Crippen molar-refractivity contribution in [2.45, 2.75) is 57.3 Å². The number of benzene rings is 1. The van der Waals surface area contributed by atoms with Gasteiger partial charge in [-0.2, -0.15) is 0 Å². The van der Waals surface area contributed by atoms with Crippen LogP contribution in [0.2, 0.25) is 0 Å². The van der Waals surface area contributed by atoms with Gasteiger partial charge in [-0.1, -0.05) is 32.0 Å². The summed E-state index contributed by atoms with van der Waals surface area (Å²) in [7, 11) is 0. The van der Waals surface area contributed by atoms with Crippen LogP contribution in [0.25, 0.3) is 10.9 Å². The number of nitrogens with zero attached hydrogens (tertiary/aromatic N) is 1. The number of hydrogen-bond acceptors (Lipinski definition) is 6. The molecule has 1 fully saturated rings. The highest BCUT2D eigenvalue weighted by Crippen LogP contribution is 2.21. The SMILES string of the molecule is CC(C)C(NC(=O)C(Cc1c[nH]c2ccccc12)NC(=O)C1CCCN1C(=O)C(N)CO)C(=O)O. The largest absolute Gasteiger partial charge is 0.480 e. The van der Waals surface area contributed by atoms with Gasteiger partial charge < -0.3 is 36.5 Å². The third-order valence-electron chi connectivity index (χ3n) is 6.31. The molecule has 190 valence electrons. The van der Waals surface area contributed by atoms with Gasteiger partial charge in [-0.15, -0.1) is 0 Å². The summed E-state index contributed by atoms with van der Waals surface area (Å²) in [6, 6.07) is 3.34. The van der Waals surface area contributed by atoms with Crippen molar-refractivity contribution in [1.82, 2.24) is 20.5 Å². The number of nitrogens with two attached hydrogens (primary N) is 1. The Morgan fingerprint density at radius 1 is 1.20 bits per heavy atom. The maximum Gasteiger partial charge on any atom is 0.326 e. The molecule has 2 heterocycles. The summed E-state index contributed by atoms with van der Waals surface area (Å²) >= 11 is 0. The van der Waals surface area contributed by atoms with E-state index in [4.69, 9.17) is 5.73 Å². The summed E-state index contributed by atoms with van der Waals surface area (Å²) in [4.78, 5) is 55.1. The van der Waals surface area contributed by atoms with E-state index in [1.807, 2.05) is 24.3 Å². The minimum atomic E-state index is -1.17. The van der Waals surface area contributed by atoms with Crippen LogP contribution in [0.1, 0.15) is 32.3 Å². The van der Waals surface area contributed by atoms with Gasteiger partial charge in [0.2, 0.25) is 17.7 Å². The first-order chi connectivity index (χ1) is 16.6. The number of amides is 3. The zero-order chi connectivity index (χ0) is 25.7. The number of carboxylic acid groups (broad SMARTS) is 1. The molecule has 7 N–H and O–H groups in total. The highest BCUT2D eigenvalue weighted by Gasteiger charge is 2.38. The summed E-state index contributed by atoms with van der Waals surface area (Å²) in [5.41, 5.74) is 7.31. The predicted octanol–water partition coefficient (Wildman–Crippen LogP) is -0.269. The smallest absolute Gasteiger partial charge is 0.326 e. The summed E-state index contributed by atoms with van der Waals surface area (Å²) in [6.07, 6.45) is 2.83. The molecule has 11 heteroatoms. The van der Waals surface area contributed by atoms with Crippen molar-refractivity contribution in [3.05, 3.63) is 36.0 Å². The minimum absolute atomic E-state index is 0.114. The van der Waals surface area contributed by atoms with Gasteiger partial charge in [0.05, 0.1) is 6.61 Å². The lowest BCUT2D eigenvalue weighted by molar-refractivity contribution is -0.144. The number of carboxylic acids is 1. The molecule has 3 rings (SSSR count). The molecule has 1 saturated heterocycles. The summed E-state index contributed by atoms with van der Waals surface area (Å²) in [6.45, 7) is 3.14. The van der Waals surface area contributed by atoms with Gasteiger partial charge in [-0.05, 0) is 30.4 Å². The van der Waals surface area contributed by atoms with Gasteiger partial charge in [-0.25, -0.2) is 4.79 Å². The van der Waals surface area contributed by atoms with Crippen molar-refractivity contribution in [1.29, 1.82) is 0 Å². The van der Waals surface area contributed by atoms with Gasteiger partial charge >= 0.3 is 5.97 Å². The minimum Gasteiger partial charge on any atom is -0.480 e. The Bertz CT molecular complexity index is 1080. The number of carbonyl (C=O) groups is 4. The number of hydrogen-bond donors (Lipinski definition) is 6. The molecule has 1 aliphatic rings. The number of aromatic nitrogens is 1. The van der Waals surface area contributed by atoms with Crippen molar-refractivity contribution in [2.24, 2.45) is 11.7 Å². The van der Waals surface area contributed by atoms with E-state index in [1.165, 1.54) is 4.90 Å². The van der Waals surface area contributed by atoms with Crippen molar-refractivity contribution in [3.63, 3.8) is 0 Å². The highest BCUT2D eigenvalue weighted by molar-refractivity contribution is 5.95. The molecule has 2 aromatic rings. The van der Waals surface area contributed by atoms with E-state index in [1.54, 1.807) is 20.0 Å². The highest BCUT2D eigenvalue weighted by atomic mass is 16.4. The van der Waals surface area contributed by atoms with Crippen LogP contribution >= 0.6 is 0 Å². The maximum atomic E-state index is 13.2. The normalized spacial score (nSPS) is 18.3. The maximum absolute atomic E-state index is 13.2. The molecule has 0 radical (unpaired) electrons. The fourth-order valence-electron chi connectivity index (χ4n) is 4.36. The number of aromatic amines is 1. The topological polar surface area (TPSA) is 178 Å². The number of nitrogens with one attached hydrogen (secondary N) is 3. The van der Waals surface area contributed by atoms with Crippen molar-refractivity contribution >= 4 is 34.6 Å². The van der Waals surface area contributed by atoms with Gasteiger partial charge in [-0.3, -0.25) is 14.4 Å². The summed E-state index contributed by atoms with van der Waals surface area (Å²) in [5.74, 6) is -3.24. The van der Waals surface area contributed by atoms with Crippen molar-refractivity contribution < 1.29 is 29.4 Å². The van der Waals surface area contributed by atoms with Crippen LogP contribution in [-0.2, 0) is 25.6 Å². The third kappa shape index (κ3) is 5.98. The molecule has 0 bridgehead atoms. The average molecular weight is 488 g/mol. The Kier molecular flexibility index (Phi) is 8.47. The number of fused-ring (bicyclic) bond motifs is 1. The van der Waals surface area contributed by atoms with Crippen molar-refractivity contribution in [2.75, 3.05) is 13.2 Å². The fraction of sp³-hybridized carbons (Fsp3) is 0.500. The monoisotopic (exact) mass is 487 g/mol. The molecule has 1 aromatic carbocycles. The van der Waals surface area contributed by atoms with Crippen LogP contribution in [0.5, 0.6) is 0 Å². The van der Waals surface area contributed by atoms with Crippen LogP contribution < -0.4 is 16.4 Å². The molecule has 0 spiro atoms. The number of aliphatic hydroxyl groups is 1. The Morgan fingerprint density at radius 2 is 1.91 bits per heavy atom. The molecule has 0 saturated carbocycles. The predicted molar refractivity (Wildman–Crippen MR) is 128 cm³/mol. The lowest BCUT2D eigenvalue weighted by atomic mass is 10.0. The quantitative estimate of drug-likeness (QED) is 0.267. The lowest BCUT2D eigenvalue weighted by Gasteiger charge is -2.28. The van der Waals surface area contributed by atoms with E-state index < -0.39 is 54.5 Å². The van der Waals surface area contributed by atoms with Crippen LogP contribution in [0.3, 0.4) is 0 Å². The summed E-state index contributed by atoms with van der Waals surface area (Å²) < 4.78 is 0. The zero-order valence-corrected chi connectivity index (χ0v) is 19.9. The van der Waals surface area contributed by atoms with E-state index >= 15 is 0 Å². The molecular formula is C24H33N5O6. The molecule has 4 unspecified atom stereocenters. The van der Waals surface area contributed by atoms with Gasteiger partial charge in [0.1, 0.15) is 24.2 Å². The van der Waals surface area contributed by atoms with Gasteiger partial charge in [0, 0.05) is 30.1 Å². The summed E-state index contributed by atoms with van der Waals surface area (Å²) in [5, 5.41) is 24.9. The molecule has 3 amide bonds. The molecule has 1 aliphatic heterocycles. The van der Waals surface area contributed by atoms with E-state index in [9.17, 15) is 29.4 Å². The number of aliphatic carboxylic acids is 1. The molecule has 35 heavy (non-hydrogen) atoms. The molecule has 0 aliphatic carbocycles. The second-order valence-corrected chi connectivity index (χ2v) is 9.17. The Hall–Kier alpha value is -3.44. The Labute approximate surface area is 203 Å². The second kappa shape index (κ2) is 11.3. The van der Waals surface area contributed by atoms with Crippen molar-refractivity contribution in [3.8, 4) is 0 Å². The third-order valence-corrected chi connectivity index (χ3v) is 6.31. The van der Waals surface area contributed by atoms with E-state index in [0.717, 1.165) is 16.5 Å². The zero-order valence-electron chi connectivity index (χ0n) is 19.9. The van der Waals surface area contributed by atoms with E-state index in [0.29, 0.717) is 19.4 Å². The van der Waals surface area contributed by atoms with E-state index in [2.05, 4.69) is 15.6 Å². The standard InChI is InChI=1S/C24H33N5O6/c1-13(2)20(24(34)35)28-21(31)18(10-14-11-26-17-7-4-3-6-15(14)17)27-22(32)19-8-5-9-29(19)23(33)16(25)12-30/h3-4,6-7,11,13,16,18-20,26,30H,5,8-10,12,25H2,1-2H3,(H,27,32)(H,28,31)(H,34,35). The fourth-order valence-corrected chi connectivity index (χ4v) is 4.36. The Balaban J connectivity index is 1.84. The lowest BCUT2D eigenvalue weighted by Crippen LogP contribution is -2.58. The average Bonchev–Trinajstić information content (AvgIpc) is 3.48. The van der Waals surface area contributed by atoms with Crippen LogP contribution in [0.4, 0.5) is 0 Å². The van der Waals surface area contributed by atoms with Gasteiger partial charge in [0.15, 0.2) is 0 Å². The number of para-hydroxylation sites is 1. The molecule has 11 nitrogen and oxygen atoms in total. The van der Waals surface area contributed by atoms with E-state index in [-0.39, 0.29) is 12.3 Å². The second-order valence-electron chi connectivity index (χ2n) is 9.17. The van der Waals surface area contributed by atoms with Gasteiger partial charge in [0.25, 0.3) is 0 Å². The van der Waals surface area contributed by atoms with Crippen LogP contribution in [0, 0.1) is 5.92 Å². The molecular weight excluding hydrogens is 454 g/mol. The number of aliphatic hydroxyl groups excluding tert-OH is 1. The first-order valence-electron chi connectivity index (χ1n) is 11.7. The first-order valence-corrected chi connectivity index (χ1v) is 11.7. The first kappa shape index (κ1) is 26.2. The number of rotatable bonds is 10. The van der Waals surface area contributed by atoms with Crippen LogP contribution in [0.15, 0.2) is 30.5 Å². The number of H-pyrrole nitrogens is 1.